The summed E-state index contributed by atoms with van der Waals surface area (Å²) in [5, 5.41) is 14.2. The molecule has 3 rings (SSSR count). The first-order valence-electron chi connectivity index (χ1n) is 9.60. The minimum Gasteiger partial charge on any atom is -0.495 e. The molecular formula is C21H19ClN4O7. The smallest absolute Gasteiger partial charge is 0.282 e. The lowest BCUT2D eigenvalue weighted by Crippen LogP contribution is -2.49. The lowest BCUT2D eigenvalue weighted by atomic mass is 10.1. The van der Waals surface area contributed by atoms with Crippen LogP contribution < -0.4 is 10.1 Å². The number of ether oxygens (including phenoxy) is 1. The molecule has 0 radical (unpaired) electrons. The van der Waals surface area contributed by atoms with Gasteiger partial charge in [-0.25, -0.2) is 0 Å². The fourth-order valence-electron chi connectivity index (χ4n) is 3.48. The Morgan fingerprint density at radius 1 is 1.24 bits per heavy atom. The van der Waals surface area contributed by atoms with Crippen LogP contribution in [0.5, 0.6) is 5.75 Å². The molecule has 172 valence electrons. The Morgan fingerprint density at radius 2 is 1.94 bits per heavy atom. The highest BCUT2D eigenvalue weighted by atomic mass is 35.5. The largest absolute Gasteiger partial charge is 0.495 e. The number of nitro benzene ring substituents is 1. The molecule has 0 spiro atoms. The van der Waals surface area contributed by atoms with Gasteiger partial charge in [0.15, 0.2) is 0 Å². The average Bonchev–Trinajstić information content (AvgIpc) is 3.02. The number of hydrogen-bond donors (Lipinski definition) is 1. The summed E-state index contributed by atoms with van der Waals surface area (Å²) in [6, 6.07) is 7.02. The predicted molar refractivity (Wildman–Crippen MR) is 117 cm³/mol. The van der Waals surface area contributed by atoms with Crippen LogP contribution >= 0.6 is 11.6 Å². The molecule has 1 heterocycles. The molecule has 4 amide bonds. The van der Waals surface area contributed by atoms with Gasteiger partial charge in [-0.05, 0) is 31.2 Å². The van der Waals surface area contributed by atoms with Gasteiger partial charge in [0.2, 0.25) is 11.8 Å². The van der Waals surface area contributed by atoms with Crippen molar-refractivity contribution in [1.82, 2.24) is 9.80 Å². The quantitative estimate of drug-likeness (QED) is 0.369. The van der Waals surface area contributed by atoms with E-state index in [0.717, 1.165) is 11.0 Å². The van der Waals surface area contributed by atoms with Crippen molar-refractivity contribution in [2.45, 2.75) is 13.0 Å². The number of nitrogens with zero attached hydrogens (tertiary/aromatic N) is 3. The number of halogens is 1. The van der Waals surface area contributed by atoms with Gasteiger partial charge < -0.3 is 15.0 Å². The molecule has 1 aliphatic rings. The molecule has 1 N–H and O–H groups in total. The maximum atomic E-state index is 12.9. The zero-order chi connectivity index (χ0) is 24.4. The van der Waals surface area contributed by atoms with Crippen LogP contribution in [0, 0.1) is 10.1 Å². The summed E-state index contributed by atoms with van der Waals surface area (Å²) in [4.78, 5) is 63.0. The number of nitrogens with one attached hydrogen (secondary N) is 1. The zero-order valence-electron chi connectivity index (χ0n) is 17.8. The van der Waals surface area contributed by atoms with Crippen molar-refractivity contribution in [2.24, 2.45) is 0 Å². The molecular weight excluding hydrogens is 456 g/mol. The van der Waals surface area contributed by atoms with Crippen molar-refractivity contribution >= 4 is 46.6 Å². The Morgan fingerprint density at radius 3 is 2.58 bits per heavy atom. The SMILES string of the molecule is COc1ccc(Cl)cc1NC(=O)CN(C)C(=O)C(C)N1C(=O)c2cccc([N+](=O)[O-])c2C1=O. The number of fused-ring (bicyclic) bond motifs is 1. The van der Waals surface area contributed by atoms with E-state index < -0.39 is 46.8 Å². The van der Waals surface area contributed by atoms with Gasteiger partial charge >= 0.3 is 0 Å². The van der Waals surface area contributed by atoms with E-state index in [-0.39, 0.29) is 11.1 Å². The topological polar surface area (TPSA) is 139 Å². The summed E-state index contributed by atoms with van der Waals surface area (Å²) in [5.74, 6) is -2.68. The van der Waals surface area contributed by atoms with Crippen molar-refractivity contribution in [3.63, 3.8) is 0 Å². The maximum Gasteiger partial charge on any atom is 0.282 e. The summed E-state index contributed by atoms with van der Waals surface area (Å²) >= 11 is 5.94. The third-order valence-electron chi connectivity index (χ3n) is 5.06. The molecule has 1 unspecified atom stereocenters. The number of carbonyl (C=O) groups excluding carboxylic acids is 4. The summed E-state index contributed by atoms with van der Waals surface area (Å²) in [5.41, 5.74) is -0.726. The van der Waals surface area contributed by atoms with Crippen LogP contribution in [0.4, 0.5) is 11.4 Å². The number of hydrogen-bond acceptors (Lipinski definition) is 7. The Labute approximate surface area is 193 Å². The number of amides is 4. The lowest BCUT2D eigenvalue weighted by molar-refractivity contribution is -0.385. The first-order chi connectivity index (χ1) is 15.6. The minimum atomic E-state index is -1.30. The van der Waals surface area contributed by atoms with E-state index in [9.17, 15) is 29.3 Å². The molecule has 11 nitrogen and oxygen atoms in total. The molecule has 12 heteroatoms. The number of likely N-dealkylation sites (N-methyl/N-ethyl adjacent to an activating group) is 1. The number of rotatable bonds is 7. The van der Waals surface area contributed by atoms with E-state index in [1.165, 1.54) is 39.3 Å². The normalized spacial score (nSPS) is 13.4. The Bertz CT molecular complexity index is 1180. The fourth-order valence-corrected chi connectivity index (χ4v) is 3.65. The highest BCUT2D eigenvalue weighted by molar-refractivity contribution is 6.31. The number of benzene rings is 2. The predicted octanol–water partition coefficient (Wildman–Crippen LogP) is 2.34. The van der Waals surface area contributed by atoms with Gasteiger partial charge in [-0.2, -0.15) is 0 Å². The molecule has 0 aliphatic carbocycles. The second-order valence-electron chi connectivity index (χ2n) is 7.20. The van der Waals surface area contributed by atoms with E-state index in [2.05, 4.69) is 5.32 Å². The van der Waals surface area contributed by atoms with Gasteiger partial charge in [-0.15, -0.1) is 0 Å². The number of nitro groups is 1. The number of imide groups is 1. The lowest BCUT2D eigenvalue weighted by Gasteiger charge is -2.26. The second-order valence-corrected chi connectivity index (χ2v) is 7.64. The second kappa shape index (κ2) is 9.25. The monoisotopic (exact) mass is 474 g/mol. The third kappa shape index (κ3) is 4.48. The van der Waals surface area contributed by atoms with Gasteiger partial charge in [-0.1, -0.05) is 17.7 Å². The van der Waals surface area contributed by atoms with Crippen LogP contribution in [0.25, 0.3) is 0 Å². The first kappa shape index (κ1) is 23.7. The zero-order valence-corrected chi connectivity index (χ0v) is 18.6. The average molecular weight is 475 g/mol. The van der Waals surface area contributed by atoms with E-state index in [1.54, 1.807) is 12.1 Å². The molecule has 1 atom stereocenters. The Hall–Kier alpha value is -3.99. The van der Waals surface area contributed by atoms with Crippen molar-refractivity contribution in [3.05, 3.63) is 62.7 Å². The highest BCUT2D eigenvalue weighted by Crippen LogP contribution is 2.32. The Balaban J connectivity index is 1.73. The van der Waals surface area contributed by atoms with Crippen LogP contribution in [0.2, 0.25) is 5.02 Å². The first-order valence-corrected chi connectivity index (χ1v) is 9.98. The molecule has 2 aromatic carbocycles. The molecule has 0 aromatic heterocycles. The van der Waals surface area contributed by atoms with E-state index in [4.69, 9.17) is 16.3 Å². The van der Waals surface area contributed by atoms with Crippen LogP contribution in [0.3, 0.4) is 0 Å². The highest BCUT2D eigenvalue weighted by Gasteiger charge is 2.45. The number of methoxy groups -OCH3 is 1. The Kier molecular flexibility index (Phi) is 6.63. The molecule has 1 aliphatic heterocycles. The summed E-state index contributed by atoms with van der Waals surface area (Å²) in [6.07, 6.45) is 0. The van der Waals surface area contributed by atoms with E-state index in [0.29, 0.717) is 21.4 Å². The molecule has 0 bridgehead atoms. The summed E-state index contributed by atoms with van der Waals surface area (Å²) in [6.45, 7) is 0.909. The summed E-state index contributed by atoms with van der Waals surface area (Å²) in [7, 11) is 2.75. The van der Waals surface area contributed by atoms with Gasteiger partial charge in [0.05, 0.1) is 29.8 Å². The molecule has 33 heavy (non-hydrogen) atoms. The maximum absolute atomic E-state index is 12.9. The molecule has 0 saturated carbocycles. The van der Waals surface area contributed by atoms with Crippen molar-refractivity contribution in [1.29, 1.82) is 0 Å². The standard InChI is InChI=1S/C21H19ClN4O7/c1-11(25-20(29)13-5-4-6-15(26(31)32)18(13)21(25)30)19(28)24(2)10-17(27)23-14-9-12(22)7-8-16(14)33-3/h4-9,11H,10H2,1-3H3,(H,23,27). The third-order valence-corrected chi connectivity index (χ3v) is 5.29. The van der Waals surface area contributed by atoms with Crippen LogP contribution in [-0.2, 0) is 9.59 Å². The van der Waals surface area contributed by atoms with Crippen molar-refractivity contribution in [2.75, 3.05) is 26.0 Å². The fraction of sp³-hybridized carbons (Fsp3) is 0.238. The van der Waals surface area contributed by atoms with E-state index in [1.807, 2.05) is 0 Å². The van der Waals surface area contributed by atoms with Gasteiger partial charge in [0, 0.05) is 18.1 Å². The van der Waals surface area contributed by atoms with Crippen LogP contribution in [0.15, 0.2) is 36.4 Å². The van der Waals surface area contributed by atoms with Crippen molar-refractivity contribution in [3.8, 4) is 5.75 Å². The van der Waals surface area contributed by atoms with Crippen LogP contribution in [0.1, 0.15) is 27.6 Å². The van der Waals surface area contributed by atoms with Crippen molar-refractivity contribution < 1.29 is 28.8 Å². The molecule has 0 fully saturated rings. The van der Waals surface area contributed by atoms with Gasteiger partial charge in [0.1, 0.15) is 17.4 Å². The minimum absolute atomic E-state index is 0.151. The summed E-state index contributed by atoms with van der Waals surface area (Å²) < 4.78 is 5.16. The number of carbonyl (C=O) groups is 4. The van der Waals surface area contributed by atoms with E-state index >= 15 is 0 Å². The molecule has 0 saturated heterocycles. The molecule has 2 aromatic rings. The van der Waals surface area contributed by atoms with Gasteiger partial charge in [0.25, 0.3) is 17.5 Å². The van der Waals surface area contributed by atoms with Crippen LogP contribution in [-0.4, -0.2) is 65.1 Å². The number of anilines is 1. The van der Waals surface area contributed by atoms with Gasteiger partial charge in [-0.3, -0.25) is 34.2 Å².